The zero-order valence-corrected chi connectivity index (χ0v) is 13.6. The Kier molecular flexibility index (Phi) is 6.31. The van der Waals surface area contributed by atoms with Crippen LogP contribution < -0.4 is 5.32 Å². The fourth-order valence-electron chi connectivity index (χ4n) is 2.37. The lowest BCUT2D eigenvalue weighted by Crippen LogP contribution is -2.45. The minimum atomic E-state index is 0.247. The molecule has 1 aromatic carbocycles. The molecule has 0 aromatic heterocycles. The second-order valence-corrected chi connectivity index (χ2v) is 6.50. The number of rotatable bonds is 7. The highest BCUT2D eigenvalue weighted by molar-refractivity contribution is 6.30. The van der Waals surface area contributed by atoms with Crippen molar-refractivity contribution < 1.29 is 0 Å². The monoisotopic (exact) mass is 282 g/mol. The highest BCUT2D eigenvalue weighted by atomic mass is 35.5. The van der Waals surface area contributed by atoms with Gasteiger partial charge in [-0.1, -0.05) is 44.5 Å². The van der Waals surface area contributed by atoms with Gasteiger partial charge in [0, 0.05) is 24.2 Å². The molecule has 0 saturated heterocycles. The topological polar surface area (TPSA) is 15.3 Å². The third-order valence-electron chi connectivity index (χ3n) is 3.73. The molecule has 1 aromatic rings. The molecule has 0 radical (unpaired) electrons. The number of nitrogens with zero attached hydrogens (tertiary/aromatic N) is 1. The minimum absolute atomic E-state index is 0.247. The van der Waals surface area contributed by atoms with E-state index in [1.165, 1.54) is 5.56 Å². The molecule has 108 valence electrons. The lowest BCUT2D eigenvalue weighted by molar-refractivity contribution is 0.161. The average molecular weight is 283 g/mol. The highest BCUT2D eigenvalue weighted by Gasteiger charge is 2.26. The molecule has 3 heteroatoms. The van der Waals surface area contributed by atoms with Crippen LogP contribution in [0.5, 0.6) is 0 Å². The Morgan fingerprint density at radius 1 is 1.26 bits per heavy atom. The molecule has 1 rings (SSSR count). The normalized spacial score (nSPS) is 13.8. The maximum absolute atomic E-state index is 5.91. The molecule has 2 nitrogen and oxygen atoms in total. The molecule has 0 aliphatic carbocycles. The van der Waals surface area contributed by atoms with Crippen LogP contribution in [0.2, 0.25) is 5.02 Å². The standard InChI is InChI=1S/C16H27ClN2/c1-6-18-13(2)16(3,4)12-19(5)11-14-7-9-15(17)10-8-14/h7-10,13,18H,6,11-12H2,1-5H3. The van der Waals surface area contributed by atoms with Crippen molar-refractivity contribution in [2.75, 3.05) is 20.1 Å². The molecule has 0 spiro atoms. The molecular formula is C16H27ClN2. The summed E-state index contributed by atoms with van der Waals surface area (Å²) in [4.78, 5) is 2.37. The molecule has 0 bridgehead atoms. The summed E-state index contributed by atoms with van der Waals surface area (Å²) < 4.78 is 0. The Labute approximate surface area is 123 Å². The maximum Gasteiger partial charge on any atom is 0.0406 e. The van der Waals surface area contributed by atoms with E-state index in [9.17, 15) is 0 Å². The first kappa shape index (κ1) is 16.5. The summed E-state index contributed by atoms with van der Waals surface area (Å²) >= 11 is 5.91. The molecular weight excluding hydrogens is 256 g/mol. The SMILES string of the molecule is CCNC(C)C(C)(C)CN(C)Cc1ccc(Cl)cc1. The zero-order chi connectivity index (χ0) is 14.5. The van der Waals surface area contributed by atoms with Gasteiger partial charge < -0.3 is 10.2 Å². The first-order chi connectivity index (χ1) is 8.85. The Morgan fingerprint density at radius 2 is 1.84 bits per heavy atom. The van der Waals surface area contributed by atoms with E-state index in [4.69, 9.17) is 11.6 Å². The molecule has 1 N–H and O–H groups in total. The van der Waals surface area contributed by atoms with Crippen molar-refractivity contribution in [3.05, 3.63) is 34.9 Å². The number of halogens is 1. The lowest BCUT2D eigenvalue weighted by atomic mass is 9.84. The van der Waals surface area contributed by atoms with Crippen molar-refractivity contribution in [2.24, 2.45) is 5.41 Å². The van der Waals surface area contributed by atoms with Crippen LogP contribution in [-0.4, -0.2) is 31.1 Å². The first-order valence-corrected chi connectivity index (χ1v) is 7.39. The molecule has 0 heterocycles. The first-order valence-electron chi connectivity index (χ1n) is 7.01. The zero-order valence-electron chi connectivity index (χ0n) is 12.8. The second-order valence-electron chi connectivity index (χ2n) is 6.07. The van der Waals surface area contributed by atoms with Gasteiger partial charge >= 0.3 is 0 Å². The van der Waals surface area contributed by atoms with Crippen molar-refractivity contribution in [2.45, 2.75) is 40.3 Å². The van der Waals surface area contributed by atoms with Crippen molar-refractivity contribution in [3.63, 3.8) is 0 Å². The van der Waals surface area contributed by atoms with Gasteiger partial charge in [-0.3, -0.25) is 0 Å². The van der Waals surface area contributed by atoms with Crippen LogP contribution in [-0.2, 0) is 6.54 Å². The van der Waals surface area contributed by atoms with Crippen LogP contribution in [0.15, 0.2) is 24.3 Å². The summed E-state index contributed by atoms with van der Waals surface area (Å²) in [7, 11) is 2.18. The van der Waals surface area contributed by atoms with Gasteiger partial charge in [-0.25, -0.2) is 0 Å². The summed E-state index contributed by atoms with van der Waals surface area (Å²) in [6.07, 6.45) is 0. The number of hydrogen-bond donors (Lipinski definition) is 1. The fraction of sp³-hybridized carbons (Fsp3) is 0.625. The molecule has 1 atom stereocenters. The predicted molar refractivity (Wildman–Crippen MR) is 84.7 cm³/mol. The van der Waals surface area contributed by atoms with Gasteiger partial charge in [0.15, 0.2) is 0 Å². The van der Waals surface area contributed by atoms with Gasteiger partial charge in [0.2, 0.25) is 0 Å². The van der Waals surface area contributed by atoms with E-state index < -0.39 is 0 Å². The smallest absolute Gasteiger partial charge is 0.0406 e. The third kappa shape index (κ3) is 5.52. The van der Waals surface area contributed by atoms with Crippen LogP contribution in [0, 0.1) is 5.41 Å². The van der Waals surface area contributed by atoms with E-state index in [2.05, 4.69) is 57.1 Å². The van der Waals surface area contributed by atoms with Crippen LogP contribution in [0.25, 0.3) is 0 Å². The molecule has 0 aliphatic rings. The third-order valence-corrected chi connectivity index (χ3v) is 3.98. The van der Waals surface area contributed by atoms with Crippen LogP contribution in [0.1, 0.15) is 33.3 Å². The van der Waals surface area contributed by atoms with Crippen LogP contribution >= 0.6 is 11.6 Å². The van der Waals surface area contributed by atoms with Gasteiger partial charge in [-0.2, -0.15) is 0 Å². The molecule has 19 heavy (non-hydrogen) atoms. The number of hydrogen-bond acceptors (Lipinski definition) is 2. The maximum atomic E-state index is 5.91. The van der Waals surface area contributed by atoms with E-state index in [1.54, 1.807) is 0 Å². The van der Waals surface area contributed by atoms with Gasteiger partial charge in [0.25, 0.3) is 0 Å². The average Bonchev–Trinajstić information content (AvgIpc) is 2.31. The predicted octanol–water partition coefficient (Wildman–Crippen LogP) is 3.80. The molecule has 0 fully saturated rings. The Morgan fingerprint density at radius 3 is 2.37 bits per heavy atom. The van der Waals surface area contributed by atoms with E-state index in [1.807, 2.05) is 12.1 Å². The van der Waals surface area contributed by atoms with Gasteiger partial charge in [0.1, 0.15) is 0 Å². The number of nitrogens with one attached hydrogen (secondary N) is 1. The summed E-state index contributed by atoms with van der Waals surface area (Å²) in [5, 5.41) is 4.32. The molecule has 0 saturated carbocycles. The summed E-state index contributed by atoms with van der Waals surface area (Å²) in [6, 6.07) is 8.61. The second kappa shape index (κ2) is 7.28. The summed E-state index contributed by atoms with van der Waals surface area (Å²) in [6.45, 7) is 12.1. The lowest BCUT2D eigenvalue weighted by Gasteiger charge is -2.36. The van der Waals surface area contributed by atoms with Crippen molar-refractivity contribution in [3.8, 4) is 0 Å². The van der Waals surface area contributed by atoms with E-state index in [0.29, 0.717) is 6.04 Å². The molecule has 0 aliphatic heterocycles. The Hall–Kier alpha value is -0.570. The van der Waals surface area contributed by atoms with E-state index in [0.717, 1.165) is 24.7 Å². The minimum Gasteiger partial charge on any atom is -0.314 e. The summed E-state index contributed by atoms with van der Waals surface area (Å²) in [5.74, 6) is 0. The van der Waals surface area contributed by atoms with Crippen LogP contribution in [0.3, 0.4) is 0 Å². The largest absolute Gasteiger partial charge is 0.314 e. The van der Waals surface area contributed by atoms with Crippen LogP contribution in [0.4, 0.5) is 0 Å². The van der Waals surface area contributed by atoms with Gasteiger partial charge in [0.05, 0.1) is 0 Å². The quantitative estimate of drug-likeness (QED) is 0.818. The summed E-state index contributed by atoms with van der Waals surface area (Å²) in [5.41, 5.74) is 1.55. The fourth-order valence-corrected chi connectivity index (χ4v) is 2.50. The number of benzene rings is 1. The van der Waals surface area contributed by atoms with Crippen molar-refractivity contribution in [1.29, 1.82) is 0 Å². The van der Waals surface area contributed by atoms with Gasteiger partial charge in [-0.05, 0) is 43.6 Å². The van der Waals surface area contributed by atoms with Gasteiger partial charge in [-0.15, -0.1) is 0 Å². The van der Waals surface area contributed by atoms with E-state index in [-0.39, 0.29) is 5.41 Å². The highest BCUT2D eigenvalue weighted by Crippen LogP contribution is 2.22. The molecule has 1 unspecified atom stereocenters. The Bertz CT molecular complexity index is 373. The Balaban J connectivity index is 2.54. The van der Waals surface area contributed by atoms with Crippen molar-refractivity contribution in [1.82, 2.24) is 10.2 Å². The van der Waals surface area contributed by atoms with E-state index >= 15 is 0 Å². The molecule has 0 amide bonds. The van der Waals surface area contributed by atoms with Crippen molar-refractivity contribution >= 4 is 11.6 Å².